The van der Waals surface area contributed by atoms with Crippen molar-refractivity contribution in [3.8, 4) is 0 Å². The van der Waals surface area contributed by atoms with E-state index in [2.05, 4.69) is 76.8 Å². The minimum absolute atomic E-state index is 0.0504. The Hall–Kier alpha value is -12.6. The molecule has 0 bridgehead atoms. The van der Waals surface area contributed by atoms with Gasteiger partial charge in [0.25, 0.3) is 0 Å². The molecule has 38 nitrogen and oxygen atoms in total. The van der Waals surface area contributed by atoms with E-state index in [1.807, 2.05) is 128 Å². The zero-order chi connectivity index (χ0) is 93.3. The van der Waals surface area contributed by atoms with Gasteiger partial charge in [0.05, 0.1) is 107 Å². The smallest absolute Gasteiger partial charge is 0.338 e. The molecule has 6 aromatic carbocycles. The van der Waals surface area contributed by atoms with Gasteiger partial charge in [-0.15, -0.1) is 0 Å². The summed E-state index contributed by atoms with van der Waals surface area (Å²) in [5.74, 6) is -0.619. The lowest BCUT2D eigenvalue weighted by Gasteiger charge is -2.21. The van der Waals surface area contributed by atoms with Crippen LogP contribution < -0.4 is 31.9 Å². The lowest BCUT2D eigenvalue weighted by atomic mass is 10.1. The number of aromatic nitrogens is 12. The number of carbonyl (C=O) groups excluding carboxylic acids is 6. The van der Waals surface area contributed by atoms with Crippen molar-refractivity contribution in [3.05, 3.63) is 255 Å². The van der Waals surface area contributed by atoms with E-state index in [-0.39, 0.29) is 94.7 Å². The molecule has 6 amide bonds. The highest BCUT2D eigenvalue weighted by atomic mass is 35.5. The first-order valence-corrected chi connectivity index (χ1v) is 44.9. The molecule has 12 unspecified atom stereocenters. The maximum atomic E-state index is 12.6. The lowest BCUT2D eigenvalue weighted by Crippen LogP contribution is -2.31. The first-order valence-electron chi connectivity index (χ1n) is 43.7. The number of esters is 3. The van der Waals surface area contributed by atoms with Crippen molar-refractivity contribution < 1.29 is 95.1 Å². The number of anilines is 3. The number of urea groups is 3. The second-order valence-electron chi connectivity index (χ2n) is 31.0. The van der Waals surface area contributed by atoms with E-state index in [1.54, 1.807) is 103 Å². The standard InChI is InChI=1S/C33H35ClN6O6.2C30H31ClN6O7/c1-3-35-33(42)39-30-27-31(37-18-36-30)40(19-38-27)25-15-21(16-43-17-23-22(32(41)44-4-2)11-8-12-24(23)34)28-29(25)46-26(45-28)14-13-20-9-6-5-7-10-20;2*1-3-32-30(39)36-25-22-26(34-15-33-25)37(16-35-22)27-24-23(43-29(44-24)17-9-6-5-7-10-17)21(42-27)14-40-13-19-18(28(38)41-4-2)11-8-12-20(19)31/h5-14,18-19,21,25-26,28-29H,3-4,15-17H2,1-2H3,(H2,35,36,37,39,42);2*5-12,15-16,21,23-24,27,29H,3-4,13-14H2,1-2H3,(H2,32,33,34,36,39)/b14-13+;;/t21?,25?,26-,28?,29?;2*21?,23?,24?,27?,29-/m000/s1. The zero-order valence-electron chi connectivity index (χ0n) is 73.5. The number of rotatable bonds is 31. The van der Waals surface area contributed by atoms with Crippen LogP contribution >= 0.6 is 34.8 Å². The van der Waals surface area contributed by atoms with Crippen molar-refractivity contribution in [1.82, 2.24) is 74.5 Å². The molecule has 6 aliphatic rings. The average molecular weight is 1890 g/mol. The molecule has 41 heteroatoms. The van der Waals surface area contributed by atoms with E-state index in [0.29, 0.717) is 120 Å². The molecule has 134 heavy (non-hydrogen) atoms. The summed E-state index contributed by atoms with van der Waals surface area (Å²) in [5.41, 5.74) is 8.14. The second-order valence-corrected chi connectivity index (χ2v) is 32.2. The number of benzene rings is 6. The number of hydrogen-bond acceptors (Lipinski definition) is 29. The van der Waals surface area contributed by atoms with Crippen molar-refractivity contribution >= 4 is 128 Å². The summed E-state index contributed by atoms with van der Waals surface area (Å²) in [6.07, 6.45) is 6.41. The lowest BCUT2D eigenvalue weighted by molar-refractivity contribution is -0.158. The first-order chi connectivity index (χ1) is 65.4. The average Bonchev–Trinajstić information content (AvgIpc) is 1.60. The van der Waals surface area contributed by atoms with Crippen LogP contribution in [0.3, 0.4) is 0 Å². The van der Waals surface area contributed by atoms with Gasteiger partial charge in [-0.05, 0) is 96.0 Å². The zero-order valence-corrected chi connectivity index (χ0v) is 75.8. The summed E-state index contributed by atoms with van der Waals surface area (Å²) in [7, 11) is 0. The van der Waals surface area contributed by atoms with Gasteiger partial charge in [-0.25, -0.2) is 73.6 Å². The van der Waals surface area contributed by atoms with Crippen LogP contribution in [0.25, 0.3) is 39.6 Å². The van der Waals surface area contributed by atoms with E-state index in [4.69, 9.17) is 101 Å². The molecule has 6 N–H and O–H groups in total. The third kappa shape index (κ3) is 21.4. The van der Waals surface area contributed by atoms with Crippen LogP contribution in [-0.2, 0) is 86.1 Å². The van der Waals surface area contributed by atoms with Crippen LogP contribution in [0.5, 0.6) is 0 Å². The van der Waals surface area contributed by atoms with Crippen LogP contribution in [0.2, 0.25) is 15.1 Å². The molecule has 12 aromatic rings. The Balaban J connectivity index is 0.000000146. The SMILES string of the molecule is CCNC(=O)Nc1ncnc2c1ncn2C1CC(COCc2c(Cl)cccc2C(=O)OCC)C2O[C@H](/C=C/c3ccccc3)OC21.CCNC(=O)Nc1ncnc2c1ncn2C1OC(COCc2c(Cl)cccc2C(=O)OCC)C2O[C@H](c3ccccc3)OC21.CCNC(=O)Nc1ncnc2c1ncn2C1OC(COCc2c(Cl)cccc2C(=O)OCC)C2O[C@H](c3ccccc3)OC21. The van der Waals surface area contributed by atoms with Gasteiger partial charge in [0.15, 0.2) is 82.3 Å². The number of amides is 6. The third-order valence-electron chi connectivity index (χ3n) is 22.5. The monoisotopic (exact) mass is 1890 g/mol. The molecule has 1 aliphatic carbocycles. The Kier molecular flexibility index (Phi) is 31.4. The predicted octanol–water partition coefficient (Wildman–Crippen LogP) is 14.2. The summed E-state index contributed by atoms with van der Waals surface area (Å²) in [4.78, 5) is 114. The van der Waals surface area contributed by atoms with Crippen molar-refractivity contribution in [2.24, 2.45) is 5.92 Å². The number of imidazole rings is 3. The van der Waals surface area contributed by atoms with Crippen LogP contribution in [0.4, 0.5) is 31.8 Å². The number of ether oxygens (including phenoxy) is 14. The molecule has 6 fully saturated rings. The van der Waals surface area contributed by atoms with Crippen molar-refractivity contribution in [2.45, 2.75) is 154 Å². The number of fused-ring (bicyclic) bond motifs is 6. The Labute approximate surface area is 783 Å². The van der Waals surface area contributed by atoms with Crippen LogP contribution in [0, 0.1) is 5.92 Å². The minimum atomic E-state index is -0.685. The van der Waals surface area contributed by atoms with E-state index < -0.39 is 97.9 Å². The molecular formula is C93H97Cl3N18O20. The second kappa shape index (κ2) is 44.5. The molecule has 18 rings (SSSR count). The van der Waals surface area contributed by atoms with E-state index in [9.17, 15) is 28.8 Å². The van der Waals surface area contributed by atoms with Crippen molar-refractivity contribution in [2.75, 3.05) is 75.2 Å². The van der Waals surface area contributed by atoms with Gasteiger partial charge in [-0.1, -0.05) is 150 Å². The predicted molar refractivity (Wildman–Crippen MR) is 487 cm³/mol. The topological polar surface area (TPSA) is 435 Å². The van der Waals surface area contributed by atoms with E-state index >= 15 is 0 Å². The molecule has 700 valence electrons. The summed E-state index contributed by atoms with van der Waals surface area (Å²) < 4.78 is 90.9. The fourth-order valence-electron chi connectivity index (χ4n) is 16.5. The highest BCUT2D eigenvalue weighted by Crippen LogP contribution is 2.49. The highest BCUT2D eigenvalue weighted by molar-refractivity contribution is 6.32. The molecule has 6 aromatic heterocycles. The van der Waals surface area contributed by atoms with Crippen molar-refractivity contribution in [3.63, 3.8) is 0 Å². The van der Waals surface area contributed by atoms with E-state index in [1.165, 1.54) is 19.0 Å². The van der Waals surface area contributed by atoms with Crippen molar-refractivity contribution in [1.29, 1.82) is 0 Å². The van der Waals surface area contributed by atoms with Gasteiger partial charge in [0, 0.05) is 68.4 Å². The molecule has 0 spiro atoms. The van der Waals surface area contributed by atoms with Gasteiger partial charge in [0.2, 0.25) is 0 Å². The summed E-state index contributed by atoms with van der Waals surface area (Å²) in [5, 5.41) is 17.4. The fourth-order valence-corrected chi connectivity index (χ4v) is 17.2. The quantitative estimate of drug-likeness (QED) is 0.0174. The Bertz CT molecular complexity index is 5910. The maximum absolute atomic E-state index is 12.6. The van der Waals surface area contributed by atoms with Gasteiger partial charge >= 0.3 is 36.0 Å². The third-order valence-corrected chi connectivity index (χ3v) is 23.6. The molecular weight excluding hydrogens is 1800 g/mol. The van der Waals surface area contributed by atoms with Crippen LogP contribution in [0.1, 0.15) is 143 Å². The molecule has 1 saturated carbocycles. The summed E-state index contributed by atoms with van der Waals surface area (Å²) in [6, 6.07) is 43.0. The van der Waals surface area contributed by atoms with Gasteiger partial charge in [0.1, 0.15) is 61.7 Å². The van der Waals surface area contributed by atoms with Gasteiger partial charge < -0.3 is 86.8 Å². The first kappa shape index (κ1) is 94.6. The highest BCUT2D eigenvalue weighted by Gasteiger charge is 2.57. The van der Waals surface area contributed by atoms with E-state index in [0.717, 1.165) is 16.7 Å². The maximum Gasteiger partial charge on any atom is 0.338 e. The van der Waals surface area contributed by atoms with Gasteiger partial charge in [-0.2, -0.15) is 0 Å². The number of nitrogens with zero attached hydrogens (tertiary/aromatic N) is 12. The Morgan fingerprint density at radius 3 is 1.16 bits per heavy atom. The van der Waals surface area contributed by atoms with Crippen LogP contribution in [0.15, 0.2) is 190 Å². The number of halogens is 3. The number of nitrogens with one attached hydrogen (secondary N) is 6. The largest absolute Gasteiger partial charge is 0.462 e. The molecule has 11 heterocycles. The minimum Gasteiger partial charge on any atom is -0.462 e. The molecule has 0 radical (unpaired) electrons. The normalized spacial score (nSPS) is 22.5. The van der Waals surface area contributed by atoms with Gasteiger partial charge in [-0.3, -0.25) is 25.1 Å². The summed E-state index contributed by atoms with van der Waals surface area (Å²) in [6.45, 7) is 13.6. The summed E-state index contributed by atoms with van der Waals surface area (Å²) >= 11 is 19.4. The van der Waals surface area contributed by atoms with Crippen LogP contribution in [-0.4, -0.2) is 209 Å². The molecule has 5 aliphatic heterocycles. The number of carbonyl (C=O) groups is 6. The Morgan fingerprint density at radius 2 is 0.761 bits per heavy atom. The Morgan fingerprint density at radius 1 is 0.396 bits per heavy atom. The fraction of sp³-hybridized carbons (Fsp3) is 0.366. The molecule has 15 atom stereocenters. The molecule has 5 saturated heterocycles. The number of hydrogen-bond donors (Lipinski definition) is 6.